The van der Waals surface area contributed by atoms with E-state index in [1.165, 1.54) is 11.3 Å². The summed E-state index contributed by atoms with van der Waals surface area (Å²) in [6.45, 7) is 3.66. The van der Waals surface area contributed by atoms with Crippen LogP contribution in [0.4, 0.5) is 5.00 Å². The van der Waals surface area contributed by atoms with Gasteiger partial charge in [0, 0.05) is 43.1 Å². The number of nitrogens with two attached hydrogens (primary N) is 1. The first-order valence-electron chi connectivity index (χ1n) is 8.46. The van der Waals surface area contributed by atoms with Crippen LogP contribution in [0.2, 0.25) is 0 Å². The number of anilines is 1. The van der Waals surface area contributed by atoms with Crippen LogP contribution in [0.5, 0.6) is 0 Å². The fourth-order valence-electron chi connectivity index (χ4n) is 3.22. The second-order valence-corrected chi connectivity index (χ2v) is 6.97. The monoisotopic (exact) mass is 364 g/mol. The Labute approximate surface area is 155 Å². The molecule has 0 saturated heterocycles. The number of rotatable bonds is 5. The molecule has 0 aliphatic carbocycles. The number of hydrogen-bond donors (Lipinski definition) is 1. The second kappa shape index (κ2) is 6.76. The van der Waals surface area contributed by atoms with Gasteiger partial charge in [-0.1, -0.05) is 6.07 Å². The number of nitrogen functional groups attached to an aromatic ring is 1. The minimum atomic E-state index is 0.658. The van der Waals surface area contributed by atoms with Gasteiger partial charge in [0.25, 0.3) is 0 Å². The average Bonchev–Trinajstić information content (AvgIpc) is 3.33. The van der Waals surface area contributed by atoms with Gasteiger partial charge in [-0.15, -0.1) is 11.3 Å². The number of nitrogens with zero attached hydrogens (tertiary/aromatic N) is 5. The SMILES string of the molecule is CCn1c(Cn2ccnc2-c2csc(N)c2)nc2cc(C=NC)ccc21. The zero-order valence-corrected chi connectivity index (χ0v) is 15.6. The van der Waals surface area contributed by atoms with Crippen LogP contribution < -0.4 is 5.73 Å². The molecule has 0 amide bonds. The van der Waals surface area contributed by atoms with Crippen molar-refractivity contribution in [3.63, 3.8) is 0 Å². The molecule has 7 heteroatoms. The lowest BCUT2D eigenvalue weighted by molar-refractivity contribution is 0.667. The lowest BCUT2D eigenvalue weighted by atomic mass is 10.2. The summed E-state index contributed by atoms with van der Waals surface area (Å²) in [5, 5.41) is 2.83. The molecule has 0 radical (unpaired) electrons. The van der Waals surface area contributed by atoms with Crippen molar-refractivity contribution in [3.8, 4) is 11.4 Å². The van der Waals surface area contributed by atoms with Crippen LogP contribution in [0, 0.1) is 0 Å². The summed E-state index contributed by atoms with van der Waals surface area (Å²) >= 11 is 1.53. The molecule has 4 rings (SSSR count). The van der Waals surface area contributed by atoms with E-state index in [1.54, 1.807) is 7.05 Å². The van der Waals surface area contributed by atoms with Crippen LogP contribution in [-0.4, -0.2) is 32.4 Å². The molecule has 1 aromatic carbocycles. The highest BCUT2D eigenvalue weighted by atomic mass is 32.1. The summed E-state index contributed by atoms with van der Waals surface area (Å²) in [6, 6.07) is 8.22. The topological polar surface area (TPSA) is 74.0 Å². The van der Waals surface area contributed by atoms with E-state index >= 15 is 0 Å². The van der Waals surface area contributed by atoms with Crippen LogP contribution >= 0.6 is 11.3 Å². The predicted octanol–water partition coefficient (Wildman–Crippen LogP) is 3.66. The van der Waals surface area contributed by atoms with Gasteiger partial charge >= 0.3 is 0 Å². The van der Waals surface area contributed by atoms with E-state index in [2.05, 4.69) is 44.2 Å². The molecule has 0 fully saturated rings. The van der Waals surface area contributed by atoms with Gasteiger partial charge < -0.3 is 14.9 Å². The van der Waals surface area contributed by atoms with E-state index in [0.29, 0.717) is 6.54 Å². The van der Waals surface area contributed by atoms with Crippen molar-refractivity contribution in [3.05, 3.63) is 53.4 Å². The molecule has 2 N–H and O–H groups in total. The van der Waals surface area contributed by atoms with Crippen LogP contribution in [0.3, 0.4) is 0 Å². The maximum Gasteiger partial charge on any atom is 0.141 e. The van der Waals surface area contributed by atoms with Crippen molar-refractivity contribution in [1.82, 2.24) is 19.1 Å². The number of benzene rings is 1. The van der Waals surface area contributed by atoms with Crippen molar-refractivity contribution < 1.29 is 0 Å². The quantitative estimate of drug-likeness (QED) is 0.549. The number of hydrogen-bond acceptors (Lipinski definition) is 5. The Morgan fingerprint density at radius 3 is 2.92 bits per heavy atom. The molecule has 0 unspecified atom stereocenters. The average molecular weight is 364 g/mol. The maximum absolute atomic E-state index is 5.88. The lowest BCUT2D eigenvalue weighted by Crippen LogP contribution is -2.08. The molecule has 3 heterocycles. The molecule has 0 spiro atoms. The normalized spacial score (nSPS) is 11.8. The third-order valence-corrected chi connectivity index (χ3v) is 5.11. The lowest BCUT2D eigenvalue weighted by Gasteiger charge is -2.09. The third-order valence-electron chi connectivity index (χ3n) is 4.35. The first-order chi connectivity index (χ1) is 12.7. The number of thiophene rings is 1. The summed E-state index contributed by atoms with van der Waals surface area (Å²) in [5.74, 6) is 1.92. The fraction of sp³-hybridized carbons (Fsp3) is 0.211. The summed E-state index contributed by atoms with van der Waals surface area (Å²) in [5.41, 5.74) is 10.1. The van der Waals surface area contributed by atoms with E-state index in [-0.39, 0.29) is 0 Å². The van der Waals surface area contributed by atoms with Gasteiger partial charge in [-0.25, -0.2) is 9.97 Å². The molecule has 0 atom stereocenters. The van der Waals surface area contributed by atoms with Gasteiger partial charge in [-0.2, -0.15) is 0 Å². The molecule has 26 heavy (non-hydrogen) atoms. The number of imidazole rings is 2. The standard InChI is InChI=1S/C19H20N6S/c1-3-25-16-5-4-13(10-21-2)8-15(16)23-18(25)11-24-7-6-22-19(24)14-9-17(20)26-12-14/h4-10,12H,3,11,20H2,1-2H3. The van der Waals surface area contributed by atoms with E-state index < -0.39 is 0 Å². The van der Waals surface area contributed by atoms with E-state index in [0.717, 1.165) is 45.4 Å². The molecule has 6 nitrogen and oxygen atoms in total. The van der Waals surface area contributed by atoms with Gasteiger partial charge in [0.1, 0.15) is 11.6 Å². The molecule has 0 bridgehead atoms. The predicted molar refractivity (Wildman–Crippen MR) is 108 cm³/mol. The molecule has 0 saturated carbocycles. The number of aromatic nitrogens is 4. The highest BCUT2D eigenvalue weighted by Crippen LogP contribution is 2.27. The molecular weight excluding hydrogens is 344 g/mol. The van der Waals surface area contributed by atoms with Crippen molar-refractivity contribution in [1.29, 1.82) is 0 Å². The molecule has 0 aliphatic rings. The Bertz CT molecular complexity index is 1080. The van der Waals surface area contributed by atoms with Crippen LogP contribution in [0.15, 0.2) is 47.0 Å². The first kappa shape index (κ1) is 16.5. The van der Waals surface area contributed by atoms with Crippen LogP contribution in [0.25, 0.3) is 22.4 Å². The third kappa shape index (κ3) is 2.90. The Morgan fingerprint density at radius 2 is 2.19 bits per heavy atom. The number of aliphatic imine (C=N–C) groups is 1. The Kier molecular flexibility index (Phi) is 4.30. The molecule has 0 aliphatic heterocycles. The minimum Gasteiger partial charge on any atom is -0.391 e. The summed E-state index contributed by atoms with van der Waals surface area (Å²) in [4.78, 5) is 13.5. The molecule has 3 aromatic heterocycles. The van der Waals surface area contributed by atoms with E-state index in [1.807, 2.05) is 30.1 Å². The molecule has 4 aromatic rings. The number of fused-ring (bicyclic) bond motifs is 1. The van der Waals surface area contributed by atoms with E-state index in [9.17, 15) is 0 Å². The van der Waals surface area contributed by atoms with E-state index in [4.69, 9.17) is 10.7 Å². The highest BCUT2D eigenvalue weighted by Gasteiger charge is 2.14. The maximum atomic E-state index is 5.88. The largest absolute Gasteiger partial charge is 0.391 e. The summed E-state index contributed by atoms with van der Waals surface area (Å²) in [7, 11) is 1.78. The zero-order chi connectivity index (χ0) is 18.1. The van der Waals surface area contributed by atoms with Gasteiger partial charge in [0.15, 0.2) is 0 Å². The second-order valence-electron chi connectivity index (χ2n) is 6.02. The van der Waals surface area contributed by atoms with Crippen molar-refractivity contribution in [2.45, 2.75) is 20.0 Å². The van der Waals surface area contributed by atoms with Gasteiger partial charge in [0.05, 0.1) is 22.6 Å². The molecular formula is C19H20N6S. The zero-order valence-electron chi connectivity index (χ0n) is 14.8. The minimum absolute atomic E-state index is 0.658. The fourth-order valence-corrected chi connectivity index (χ4v) is 3.85. The smallest absolute Gasteiger partial charge is 0.141 e. The first-order valence-corrected chi connectivity index (χ1v) is 9.34. The van der Waals surface area contributed by atoms with Crippen LogP contribution in [0.1, 0.15) is 18.3 Å². The van der Waals surface area contributed by atoms with Crippen molar-refractivity contribution in [2.24, 2.45) is 4.99 Å². The van der Waals surface area contributed by atoms with Crippen molar-refractivity contribution in [2.75, 3.05) is 12.8 Å². The Hall–Kier alpha value is -2.93. The van der Waals surface area contributed by atoms with Gasteiger partial charge in [-0.05, 0) is 30.7 Å². The Morgan fingerprint density at radius 1 is 1.31 bits per heavy atom. The summed E-state index contributed by atoms with van der Waals surface area (Å²) in [6.07, 6.45) is 5.65. The van der Waals surface area contributed by atoms with Gasteiger partial charge in [0.2, 0.25) is 0 Å². The van der Waals surface area contributed by atoms with Crippen molar-refractivity contribution >= 4 is 33.6 Å². The van der Waals surface area contributed by atoms with Gasteiger partial charge in [-0.3, -0.25) is 4.99 Å². The summed E-state index contributed by atoms with van der Waals surface area (Å²) < 4.78 is 4.36. The highest BCUT2D eigenvalue weighted by molar-refractivity contribution is 7.14. The Balaban J connectivity index is 1.75. The number of aryl methyl sites for hydroxylation is 1. The van der Waals surface area contributed by atoms with Crippen LogP contribution in [-0.2, 0) is 13.1 Å². The molecule has 132 valence electrons.